The van der Waals surface area contributed by atoms with E-state index in [0.717, 1.165) is 29.6 Å². The van der Waals surface area contributed by atoms with E-state index in [0.29, 0.717) is 0 Å². The van der Waals surface area contributed by atoms with Gasteiger partial charge in [-0.05, 0) is 73.2 Å². The Morgan fingerprint density at radius 3 is 2.28 bits per heavy atom. The first kappa shape index (κ1) is 20.2. The standard InChI is InChI=1S/C29H27N3/c1-20-8-15-26-27-17-23(18-30-29(27)19-31-28(26)16-20)10-9-22-11-13-24(14-12-22)21(2)32-25-6-4-3-5-7-25/h3-8,11-19,21,32H,9-10H2,1-2H3. The molecule has 1 unspecified atom stereocenters. The Morgan fingerprint density at radius 1 is 0.719 bits per heavy atom. The Kier molecular flexibility index (Phi) is 5.55. The Balaban J connectivity index is 1.29. The van der Waals surface area contributed by atoms with Crippen LogP contribution in [0.4, 0.5) is 5.69 Å². The highest BCUT2D eigenvalue weighted by atomic mass is 14.9. The second kappa shape index (κ2) is 8.80. The Hall–Kier alpha value is -3.72. The summed E-state index contributed by atoms with van der Waals surface area (Å²) >= 11 is 0. The van der Waals surface area contributed by atoms with Crippen LogP contribution < -0.4 is 5.32 Å². The number of hydrogen-bond acceptors (Lipinski definition) is 3. The largest absolute Gasteiger partial charge is 0.379 e. The zero-order chi connectivity index (χ0) is 21.9. The molecule has 5 rings (SSSR count). The number of pyridine rings is 2. The molecule has 1 atom stereocenters. The fourth-order valence-electron chi connectivity index (χ4n) is 4.21. The topological polar surface area (TPSA) is 37.8 Å². The van der Waals surface area contributed by atoms with Crippen molar-refractivity contribution < 1.29 is 0 Å². The number of aromatic nitrogens is 2. The van der Waals surface area contributed by atoms with Gasteiger partial charge < -0.3 is 5.32 Å². The molecule has 3 heteroatoms. The first-order chi connectivity index (χ1) is 15.7. The maximum Gasteiger partial charge on any atom is 0.0891 e. The van der Waals surface area contributed by atoms with E-state index in [1.54, 1.807) is 0 Å². The molecule has 32 heavy (non-hydrogen) atoms. The van der Waals surface area contributed by atoms with Crippen LogP contribution in [0.3, 0.4) is 0 Å². The Bertz CT molecular complexity index is 1360. The summed E-state index contributed by atoms with van der Waals surface area (Å²) in [5, 5.41) is 5.91. The Morgan fingerprint density at radius 2 is 1.47 bits per heavy atom. The van der Waals surface area contributed by atoms with Gasteiger partial charge in [0, 0.05) is 28.7 Å². The van der Waals surface area contributed by atoms with Gasteiger partial charge in [-0.25, -0.2) is 0 Å². The summed E-state index contributed by atoms with van der Waals surface area (Å²) in [6.07, 6.45) is 5.83. The first-order valence-electron chi connectivity index (χ1n) is 11.2. The summed E-state index contributed by atoms with van der Waals surface area (Å²) in [5.41, 5.74) is 8.25. The molecule has 0 saturated heterocycles. The van der Waals surface area contributed by atoms with E-state index in [1.807, 2.05) is 18.5 Å². The first-order valence-corrected chi connectivity index (χ1v) is 11.2. The van der Waals surface area contributed by atoms with Crippen molar-refractivity contribution in [1.29, 1.82) is 0 Å². The SMILES string of the molecule is Cc1ccc2c(c1)ncc1ncc(CCc3ccc(C(C)Nc4ccccc4)cc3)cc12. The molecule has 0 aliphatic rings. The molecular weight excluding hydrogens is 390 g/mol. The molecule has 0 amide bonds. The molecule has 1 N–H and O–H groups in total. The van der Waals surface area contributed by atoms with E-state index in [2.05, 4.69) is 102 Å². The smallest absolute Gasteiger partial charge is 0.0891 e. The minimum absolute atomic E-state index is 0.265. The fourth-order valence-corrected chi connectivity index (χ4v) is 4.21. The van der Waals surface area contributed by atoms with Crippen LogP contribution in [0.5, 0.6) is 0 Å². The third-order valence-corrected chi connectivity index (χ3v) is 6.08. The van der Waals surface area contributed by atoms with Gasteiger partial charge in [0.2, 0.25) is 0 Å². The number of rotatable bonds is 6. The summed E-state index contributed by atoms with van der Waals surface area (Å²) in [6.45, 7) is 4.30. The van der Waals surface area contributed by atoms with Gasteiger partial charge in [0.15, 0.2) is 0 Å². The summed E-state index contributed by atoms with van der Waals surface area (Å²) in [6, 6.07) is 28.3. The number of nitrogens with zero attached hydrogens (tertiary/aromatic N) is 2. The summed E-state index contributed by atoms with van der Waals surface area (Å²) in [4.78, 5) is 9.25. The van der Waals surface area contributed by atoms with Crippen LogP contribution in [0.2, 0.25) is 0 Å². The zero-order valence-corrected chi connectivity index (χ0v) is 18.5. The van der Waals surface area contributed by atoms with Gasteiger partial charge >= 0.3 is 0 Å². The normalized spacial score (nSPS) is 12.2. The lowest BCUT2D eigenvalue weighted by Gasteiger charge is -2.16. The molecule has 158 valence electrons. The van der Waals surface area contributed by atoms with Gasteiger partial charge in [0.25, 0.3) is 0 Å². The van der Waals surface area contributed by atoms with Crippen LogP contribution >= 0.6 is 0 Å². The van der Waals surface area contributed by atoms with Gasteiger partial charge in [-0.3, -0.25) is 9.97 Å². The Labute approximate surface area is 189 Å². The van der Waals surface area contributed by atoms with Crippen LogP contribution in [0, 0.1) is 6.92 Å². The number of hydrogen-bond donors (Lipinski definition) is 1. The second-order valence-corrected chi connectivity index (χ2v) is 8.53. The lowest BCUT2D eigenvalue weighted by molar-refractivity contribution is 0.879. The molecule has 0 radical (unpaired) electrons. The van der Waals surface area contributed by atoms with Crippen molar-refractivity contribution in [2.75, 3.05) is 5.32 Å². The van der Waals surface area contributed by atoms with Crippen molar-refractivity contribution >= 4 is 27.5 Å². The number of para-hydroxylation sites is 1. The van der Waals surface area contributed by atoms with E-state index in [1.165, 1.54) is 33.0 Å². The average molecular weight is 418 g/mol. The second-order valence-electron chi connectivity index (χ2n) is 8.53. The van der Waals surface area contributed by atoms with Crippen LogP contribution in [-0.4, -0.2) is 9.97 Å². The summed E-state index contributed by atoms with van der Waals surface area (Å²) < 4.78 is 0. The quantitative estimate of drug-likeness (QED) is 0.301. The van der Waals surface area contributed by atoms with Gasteiger partial charge in [-0.1, -0.05) is 54.6 Å². The van der Waals surface area contributed by atoms with E-state index in [9.17, 15) is 0 Å². The maximum absolute atomic E-state index is 4.67. The lowest BCUT2D eigenvalue weighted by atomic mass is 10.0. The molecule has 2 heterocycles. The van der Waals surface area contributed by atoms with E-state index in [-0.39, 0.29) is 6.04 Å². The third-order valence-electron chi connectivity index (χ3n) is 6.08. The molecule has 0 aliphatic heterocycles. The van der Waals surface area contributed by atoms with Gasteiger partial charge in [-0.15, -0.1) is 0 Å². The summed E-state index contributed by atoms with van der Waals surface area (Å²) in [7, 11) is 0. The van der Waals surface area contributed by atoms with E-state index >= 15 is 0 Å². The third kappa shape index (κ3) is 4.33. The monoisotopic (exact) mass is 417 g/mol. The van der Waals surface area contributed by atoms with Crippen LogP contribution in [0.15, 0.2) is 91.3 Å². The highest BCUT2D eigenvalue weighted by Gasteiger charge is 2.07. The molecule has 3 nitrogen and oxygen atoms in total. The number of anilines is 1. The van der Waals surface area contributed by atoms with E-state index < -0.39 is 0 Å². The molecule has 5 aromatic rings. The maximum atomic E-state index is 4.67. The van der Waals surface area contributed by atoms with Crippen molar-refractivity contribution in [3.05, 3.63) is 114 Å². The number of fused-ring (bicyclic) bond motifs is 3. The molecule has 0 fully saturated rings. The lowest BCUT2D eigenvalue weighted by Crippen LogP contribution is -2.06. The van der Waals surface area contributed by atoms with E-state index in [4.69, 9.17) is 0 Å². The minimum atomic E-state index is 0.265. The number of benzene rings is 3. The molecule has 0 aliphatic carbocycles. The van der Waals surface area contributed by atoms with Gasteiger partial charge in [-0.2, -0.15) is 0 Å². The van der Waals surface area contributed by atoms with Crippen molar-refractivity contribution in [2.24, 2.45) is 0 Å². The predicted molar refractivity (Wildman–Crippen MR) is 134 cm³/mol. The molecule has 0 bridgehead atoms. The summed E-state index contributed by atoms with van der Waals surface area (Å²) in [5.74, 6) is 0. The van der Waals surface area contributed by atoms with Gasteiger partial charge in [0.05, 0.1) is 17.2 Å². The fraction of sp³-hybridized carbons (Fsp3) is 0.172. The molecule has 2 aromatic heterocycles. The van der Waals surface area contributed by atoms with Crippen molar-refractivity contribution in [3.8, 4) is 0 Å². The highest BCUT2D eigenvalue weighted by molar-refractivity contribution is 6.04. The molecular formula is C29H27N3. The minimum Gasteiger partial charge on any atom is -0.379 e. The van der Waals surface area contributed by atoms with Crippen molar-refractivity contribution in [3.63, 3.8) is 0 Å². The number of nitrogens with one attached hydrogen (secondary N) is 1. The zero-order valence-electron chi connectivity index (χ0n) is 18.5. The van der Waals surface area contributed by atoms with Crippen LogP contribution in [-0.2, 0) is 12.8 Å². The molecule has 3 aromatic carbocycles. The molecule has 0 saturated carbocycles. The highest BCUT2D eigenvalue weighted by Crippen LogP contribution is 2.25. The average Bonchev–Trinajstić information content (AvgIpc) is 2.83. The van der Waals surface area contributed by atoms with Crippen molar-refractivity contribution in [1.82, 2.24) is 9.97 Å². The van der Waals surface area contributed by atoms with Crippen LogP contribution in [0.1, 0.15) is 35.2 Å². The molecule has 0 spiro atoms. The van der Waals surface area contributed by atoms with Crippen molar-refractivity contribution in [2.45, 2.75) is 32.7 Å². The predicted octanol–water partition coefficient (Wildman–Crippen LogP) is 7.05. The van der Waals surface area contributed by atoms with Gasteiger partial charge in [0.1, 0.15) is 0 Å². The van der Waals surface area contributed by atoms with Crippen LogP contribution in [0.25, 0.3) is 21.8 Å². The number of aryl methyl sites for hydroxylation is 3.